The summed E-state index contributed by atoms with van der Waals surface area (Å²) in [4.78, 5) is 0. The molecule has 0 aliphatic rings. The molecule has 3 rings (SSSR count). The van der Waals surface area contributed by atoms with Crippen LogP contribution in [-0.4, -0.2) is 6.54 Å². The van der Waals surface area contributed by atoms with E-state index in [9.17, 15) is 0 Å². The topological polar surface area (TPSA) is 25.2 Å². The fourth-order valence-corrected chi connectivity index (χ4v) is 2.58. The number of rotatable bonds is 5. The minimum atomic E-state index is 0.729. The smallest absolute Gasteiger partial charge is 0.135 e. The largest absolute Gasteiger partial charge is 0.456 e. The number of furan rings is 1. The maximum absolute atomic E-state index is 6.02. The zero-order valence-corrected chi connectivity index (χ0v) is 12.8. The third-order valence-electron chi connectivity index (χ3n) is 3.45. The molecule has 0 saturated heterocycles. The molecule has 1 aromatic heterocycles. The van der Waals surface area contributed by atoms with E-state index in [2.05, 4.69) is 36.5 Å². The van der Waals surface area contributed by atoms with Crippen molar-refractivity contribution in [2.45, 2.75) is 19.9 Å². The second-order valence-corrected chi connectivity index (χ2v) is 5.61. The first-order valence-electron chi connectivity index (χ1n) is 7.25. The fraction of sp³-hybridized carbons (Fsp3) is 0.222. The Kier molecular flexibility index (Phi) is 4.28. The minimum Gasteiger partial charge on any atom is -0.456 e. The highest BCUT2D eigenvalue weighted by Gasteiger charge is 2.07. The van der Waals surface area contributed by atoms with Crippen LogP contribution in [0.5, 0.6) is 0 Å². The van der Waals surface area contributed by atoms with Crippen molar-refractivity contribution in [2.75, 3.05) is 6.54 Å². The van der Waals surface area contributed by atoms with Crippen molar-refractivity contribution in [2.24, 2.45) is 0 Å². The summed E-state index contributed by atoms with van der Waals surface area (Å²) in [5.74, 6) is 0.879. The van der Waals surface area contributed by atoms with Crippen LogP contribution in [0.1, 0.15) is 18.9 Å². The Labute approximate surface area is 129 Å². The number of benzene rings is 2. The second-order valence-electron chi connectivity index (χ2n) is 5.17. The number of nitrogens with one attached hydrogen (secondary N) is 1. The lowest BCUT2D eigenvalue weighted by molar-refractivity contribution is 0.631. The SMILES string of the molecule is CCCNCc1cccc(-c2cc3cc(Cl)ccc3o2)c1. The lowest BCUT2D eigenvalue weighted by atomic mass is 10.1. The molecule has 108 valence electrons. The first-order chi connectivity index (χ1) is 10.3. The Morgan fingerprint density at radius 3 is 2.86 bits per heavy atom. The molecule has 0 aliphatic heterocycles. The van der Waals surface area contributed by atoms with Crippen molar-refractivity contribution in [1.82, 2.24) is 5.32 Å². The predicted octanol–water partition coefficient (Wildman–Crippen LogP) is 5.25. The zero-order valence-electron chi connectivity index (χ0n) is 12.0. The van der Waals surface area contributed by atoms with Crippen LogP contribution in [0.15, 0.2) is 52.9 Å². The summed E-state index contributed by atoms with van der Waals surface area (Å²) in [6.45, 7) is 4.09. The molecule has 0 radical (unpaired) electrons. The summed E-state index contributed by atoms with van der Waals surface area (Å²) in [5, 5.41) is 5.18. The van der Waals surface area contributed by atoms with E-state index in [1.165, 1.54) is 5.56 Å². The van der Waals surface area contributed by atoms with Gasteiger partial charge >= 0.3 is 0 Å². The van der Waals surface area contributed by atoms with Gasteiger partial charge in [0.1, 0.15) is 11.3 Å². The number of hydrogen-bond acceptors (Lipinski definition) is 2. The maximum atomic E-state index is 6.02. The third kappa shape index (κ3) is 3.29. The lowest BCUT2D eigenvalue weighted by Crippen LogP contribution is -2.13. The summed E-state index contributed by atoms with van der Waals surface area (Å²) in [7, 11) is 0. The van der Waals surface area contributed by atoms with Gasteiger partial charge in [-0.2, -0.15) is 0 Å². The van der Waals surface area contributed by atoms with Crippen molar-refractivity contribution in [1.29, 1.82) is 0 Å². The Bertz CT molecular complexity index is 748. The van der Waals surface area contributed by atoms with Gasteiger partial charge in [-0.3, -0.25) is 0 Å². The molecule has 0 aliphatic carbocycles. The quantitative estimate of drug-likeness (QED) is 0.651. The highest BCUT2D eigenvalue weighted by molar-refractivity contribution is 6.31. The van der Waals surface area contributed by atoms with Crippen LogP contribution in [0.4, 0.5) is 0 Å². The van der Waals surface area contributed by atoms with Crippen LogP contribution in [-0.2, 0) is 6.54 Å². The van der Waals surface area contributed by atoms with E-state index >= 15 is 0 Å². The standard InChI is InChI=1S/C18H18ClNO/c1-2-8-20-12-13-4-3-5-14(9-13)18-11-15-10-16(19)6-7-17(15)21-18/h3-7,9-11,20H,2,8,12H2,1H3. The molecule has 3 aromatic rings. The summed E-state index contributed by atoms with van der Waals surface area (Å²) in [6, 6.07) is 16.2. The lowest BCUT2D eigenvalue weighted by Gasteiger charge is -2.04. The normalized spacial score (nSPS) is 11.1. The molecule has 0 amide bonds. The molecule has 0 unspecified atom stereocenters. The Morgan fingerprint density at radius 1 is 1.10 bits per heavy atom. The van der Waals surface area contributed by atoms with Gasteiger partial charge in [0.25, 0.3) is 0 Å². The zero-order chi connectivity index (χ0) is 14.7. The maximum Gasteiger partial charge on any atom is 0.135 e. The highest BCUT2D eigenvalue weighted by Crippen LogP contribution is 2.29. The van der Waals surface area contributed by atoms with Crippen LogP contribution in [0.25, 0.3) is 22.3 Å². The monoisotopic (exact) mass is 299 g/mol. The second kappa shape index (κ2) is 6.33. The summed E-state index contributed by atoms with van der Waals surface area (Å²) < 4.78 is 5.91. The van der Waals surface area contributed by atoms with Gasteiger partial charge in [-0.1, -0.05) is 36.7 Å². The van der Waals surface area contributed by atoms with Crippen LogP contribution < -0.4 is 5.32 Å². The molecule has 1 N–H and O–H groups in total. The van der Waals surface area contributed by atoms with Gasteiger partial charge in [0, 0.05) is 22.5 Å². The summed E-state index contributed by atoms with van der Waals surface area (Å²) >= 11 is 6.02. The van der Waals surface area contributed by atoms with E-state index in [-0.39, 0.29) is 0 Å². The van der Waals surface area contributed by atoms with E-state index in [0.717, 1.165) is 46.8 Å². The Morgan fingerprint density at radius 2 is 2.00 bits per heavy atom. The van der Waals surface area contributed by atoms with Gasteiger partial charge in [-0.15, -0.1) is 0 Å². The number of fused-ring (bicyclic) bond motifs is 1. The molecule has 1 heterocycles. The molecule has 2 nitrogen and oxygen atoms in total. The van der Waals surface area contributed by atoms with Gasteiger partial charge in [-0.05, 0) is 48.9 Å². The van der Waals surface area contributed by atoms with Crippen LogP contribution in [0.3, 0.4) is 0 Å². The van der Waals surface area contributed by atoms with Crippen molar-refractivity contribution < 1.29 is 4.42 Å². The molecular weight excluding hydrogens is 282 g/mol. The molecule has 0 spiro atoms. The van der Waals surface area contributed by atoms with Gasteiger partial charge in [0.05, 0.1) is 0 Å². The molecule has 2 aromatic carbocycles. The van der Waals surface area contributed by atoms with Crippen molar-refractivity contribution >= 4 is 22.6 Å². The van der Waals surface area contributed by atoms with E-state index in [1.807, 2.05) is 24.3 Å². The average Bonchev–Trinajstić information content (AvgIpc) is 2.91. The van der Waals surface area contributed by atoms with Crippen LogP contribution in [0, 0.1) is 0 Å². The first-order valence-corrected chi connectivity index (χ1v) is 7.63. The van der Waals surface area contributed by atoms with E-state index in [0.29, 0.717) is 0 Å². The number of halogens is 1. The molecule has 21 heavy (non-hydrogen) atoms. The van der Waals surface area contributed by atoms with E-state index < -0.39 is 0 Å². The van der Waals surface area contributed by atoms with Crippen LogP contribution in [0.2, 0.25) is 5.02 Å². The third-order valence-corrected chi connectivity index (χ3v) is 3.68. The Balaban J connectivity index is 1.89. The van der Waals surface area contributed by atoms with E-state index in [1.54, 1.807) is 0 Å². The first kappa shape index (κ1) is 14.2. The molecule has 0 saturated carbocycles. The predicted molar refractivity (Wildman–Crippen MR) is 88.7 cm³/mol. The summed E-state index contributed by atoms with van der Waals surface area (Å²) in [6.07, 6.45) is 1.14. The molecule has 3 heteroatoms. The molecule has 0 fully saturated rings. The number of hydrogen-bond donors (Lipinski definition) is 1. The van der Waals surface area contributed by atoms with Gasteiger partial charge in [-0.25, -0.2) is 0 Å². The van der Waals surface area contributed by atoms with E-state index in [4.69, 9.17) is 16.0 Å². The summed E-state index contributed by atoms with van der Waals surface area (Å²) in [5.41, 5.74) is 3.22. The molecule has 0 bridgehead atoms. The van der Waals surface area contributed by atoms with Crippen LogP contribution >= 0.6 is 11.6 Å². The van der Waals surface area contributed by atoms with Gasteiger partial charge in [0.2, 0.25) is 0 Å². The van der Waals surface area contributed by atoms with Crippen molar-refractivity contribution in [3.05, 3.63) is 59.1 Å². The average molecular weight is 300 g/mol. The molecular formula is C18H18ClNO. The Hall–Kier alpha value is -1.77. The van der Waals surface area contributed by atoms with Crippen molar-refractivity contribution in [3.8, 4) is 11.3 Å². The van der Waals surface area contributed by atoms with Gasteiger partial charge < -0.3 is 9.73 Å². The molecule has 0 atom stereocenters. The van der Waals surface area contributed by atoms with Gasteiger partial charge in [0.15, 0.2) is 0 Å². The highest BCUT2D eigenvalue weighted by atomic mass is 35.5. The fourth-order valence-electron chi connectivity index (χ4n) is 2.40. The minimum absolute atomic E-state index is 0.729. The van der Waals surface area contributed by atoms with Crippen molar-refractivity contribution in [3.63, 3.8) is 0 Å².